The zero-order valence-corrected chi connectivity index (χ0v) is 7.79. The third kappa shape index (κ3) is 2.00. The molecule has 0 radical (unpaired) electrons. The van der Waals surface area contributed by atoms with Crippen LogP contribution in [0.4, 0.5) is 0 Å². The number of rotatable bonds is 2. The summed E-state index contributed by atoms with van der Waals surface area (Å²) in [6.07, 6.45) is 1.08. The number of hydrogen-bond acceptors (Lipinski definition) is 3. The van der Waals surface area contributed by atoms with Crippen molar-refractivity contribution in [1.29, 1.82) is 0 Å². The van der Waals surface area contributed by atoms with Crippen LogP contribution in [0.1, 0.15) is 13.3 Å². The summed E-state index contributed by atoms with van der Waals surface area (Å²) in [6, 6.07) is 0.239. The molecule has 0 aromatic rings. The van der Waals surface area contributed by atoms with Crippen LogP contribution in [0.3, 0.4) is 0 Å². The maximum absolute atomic E-state index is 11.5. The fourth-order valence-electron chi connectivity index (χ4n) is 1.64. The summed E-state index contributed by atoms with van der Waals surface area (Å²) in [5.74, 6) is 0.174. The van der Waals surface area contributed by atoms with Gasteiger partial charge in [0.05, 0.1) is 37.9 Å². The van der Waals surface area contributed by atoms with E-state index in [1.54, 1.807) is 0 Å². The van der Waals surface area contributed by atoms with E-state index in [0.717, 1.165) is 6.42 Å². The smallest absolute Gasteiger partial charge is 0.225 e. The summed E-state index contributed by atoms with van der Waals surface area (Å²) in [6.45, 7) is 3.89. The summed E-state index contributed by atoms with van der Waals surface area (Å²) in [7, 11) is 0. The molecule has 1 N–H and O–H groups in total. The van der Waals surface area contributed by atoms with Gasteiger partial charge in [-0.05, 0) is 13.3 Å². The topological polar surface area (TPSA) is 47.6 Å². The standard InChI is InChI=1S/C9H15NO3/c1-6-2-7(3-13-6)9(11)10-8-4-12-5-8/h6-8H,2-5H2,1H3,(H,10,11). The van der Waals surface area contributed by atoms with Gasteiger partial charge in [-0.1, -0.05) is 0 Å². The first-order chi connectivity index (χ1) is 6.25. The van der Waals surface area contributed by atoms with Gasteiger partial charge in [-0.3, -0.25) is 4.79 Å². The molecule has 2 atom stereocenters. The Morgan fingerprint density at radius 2 is 2.15 bits per heavy atom. The molecule has 1 amide bonds. The molecule has 4 nitrogen and oxygen atoms in total. The summed E-state index contributed by atoms with van der Waals surface area (Å²) >= 11 is 0. The average Bonchev–Trinajstić information content (AvgIpc) is 2.44. The summed E-state index contributed by atoms with van der Waals surface area (Å²) in [5.41, 5.74) is 0. The Morgan fingerprint density at radius 3 is 2.62 bits per heavy atom. The zero-order chi connectivity index (χ0) is 9.26. The van der Waals surface area contributed by atoms with Gasteiger partial charge in [0.1, 0.15) is 0 Å². The van der Waals surface area contributed by atoms with Crippen LogP contribution in [0.5, 0.6) is 0 Å². The minimum atomic E-state index is 0.0515. The molecule has 13 heavy (non-hydrogen) atoms. The van der Waals surface area contributed by atoms with Gasteiger partial charge in [0.15, 0.2) is 0 Å². The molecule has 0 aromatic carbocycles. The minimum Gasteiger partial charge on any atom is -0.378 e. The number of carbonyl (C=O) groups is 1. The molecule has 2 heterocycles. The zero-order valence-electron chi connectivity index (χ0n) is 7.79. The van der Waals surface area contributed by atoms with Crippen molar-refractivity contribution in [2.45, 2.75) is 25.5 Å². The highest BCUT2D eigenvalue weighted by molar-refractivity contribution is 5.79. The van der Waals surface area contributed by atoms with E-state index in [2.05, 4.69) is 5.32 Å². The number of nitrogens with one attached hydrogen (secondary N) is 1. The Labute approximate surface area is 77.6 Å². The van der Waals surface area contributed by atoms with E-state index in [1.165, 1.54) is 0 Å². The average molecular weight is 185 g/mol. The van der Waals surface area contributed by atoms with Gasteiger partial charge in [-0.2, -0.15) is 0 Å². The Kier molecular flexibility index (Phi) is 2.51. The SMILES string of the molecule is CC1CC(C(=O)NC2COC2)CO1. The molecule has 4 heteroatoms. The van der Waals surface area contributed by atoms with Crippen LogP contribution in [-0.2, 0) is 14.3 Å². The second-order valence-corrected chi connectivity index (χ2v) is 3.82. The highest BCUT2D eigenvalue weighted by atomic mass is 16.5. The molecule has 0 spiro atoms. The highest BCUT2D eigenvalue weighted by Crippen LogP contribution is 2.19. The van der Waals surface area contributed by atoms with Gasteiger partial charge < -0.3 is 14.8 Å². The van der Waals surface area contributed by atoms with E-state index < -0.39 is 0 Å². The van der Waals surface area contributed by atoms with Crippen molar-refractivity contribution in [3.05, 3.63) is 0 Å². The van der Waals surface area contributed by atoms with Gasteiger partial charge in [0, 0.05) is 0 Å². The highest BCUT2D eigenvalue weighted by Gasteiger charge is 2.30. The normalized spacial score (nSPS) is 34.2. The predicted octanol–water partition coefficient (Wildman–Crippen LogP) is -0.0736. The van der Waals surface area contributed by atoms with Crippen molar-refractivity contribution in [2.75, 3.05) is 19.8 Å². The lowest BCUT2D eigenvalue weighted by molar-refractivity contribution is -0.129. The van der Waals surface area contributed by atoms with Crippen LogP contribution in [0.25, 0.3) is 0 Å². The molecule has 2 aliphatic rings. The van der Waals surface area contributed by atoms with E-state index in [-0.39, 0.29) is 24.0 Å². The van der Waals surface area contributed by atoms with Crippen LogP contribution in [0.15, 0.2) is 0 Å². The van der Waals surface area contributed by atoms with Crippen LogP contribution < -0.4 is 5.32 Å². The maximum atomic E-state index is 11.5. The number of hydrogen-bond donors (Lipinski definition) is 1. The van der Waals surface area contributed by atoms with Crippen LogP contribution in [0.2, 0.25) is 0 Å². The largest absolute Gasteiger partial charge is 0.378 e. The van der Waals surface area contributed by atoms with Gasteiger partial charge in [0.2, 0.25) is 5.91 Å². The van der Waals surface area contributed by atoms with E-state index in [9.17, 15) is 4.79 Å². The number of amides is 1. The Balaban J connectivity index is 1.76. The van der Waals surface area contributed by atoms with Crippen LogP contribution >= 0.6 is 0 Å². The molecule has 2 rings (SSSR count). The van der Waals surface area contributed by atoms with Crippen molar-refractivity contribution in [3.8, 4) is 0 Å². The van der Waals surface area contributed by atoms with Crippen molar-refractivity contribution in [2.24, 2.45) is 5.92 Å². The van der Waals surface area contributed by atoms with Crippen molar-refractivity contribution in [1.82, 2.24) is 5.32 Å². The fourth-order valence-corrected chi connectivity index (χ4v) is 1.64. The minimum absolute atomic E-state index is 0.0515. The lowest BCUT2D eigenvalue weighted by Gasteiger charge is -2.27. The molecule has 0 aromatic heterocycles. The Morgan fingerprint density at radius 1 is 1.38 bits per heavy atom. The first-order valence-corrected chi connectivity index (χ1v) is 4.75. The molecule has 2 aliphatic heterocycles. The monoisotopic (exact) mass is 185 g/mol. The quantitative estimate of drug-likeness (QED) is 0.655. The summed E-state index contributed by atoms with van der Waals surface area (Å²) < 4.78 is 10.3. The maximum Gasteiger partial charge on any atom is 0.225 e. The van der Waals surface area contributed by atoms with Crippen LogP contribution in [-0.4, -0.2) is 37.9 Å². The van der Waals surface area contributed by atoms with E-state index >= 15 is 0 Å². The molecule has 0 saturated carbocycles. The molecule has 74 valence electrons. The van der Waals surface area contributed by atoms with E-state index in [0.29, 0.717) is 19.8 Å². The molecule has 2 unspecified atom stereocenters. The lowest BCUT2D eigenvalue weighted by atomic mass is 10.0. The first kappa shape index (κ1) is 8.97. The van der Waals surface area contributed by atoms with Crippen molar-refractivity contribution in [3.63, 3.8) is 0 Å². The first-order valence-electron chi connectivity index (χ1n) is 4.75. The van der Waals surface area contributed by atoms with Gasteiger partial charge in [0.25, 0.3) is 0 Å². The Bertz CT molecular complexity index is 203. The van der Waals surface area contributed by atoms with Gasteiger partial charge in [-0.25, -0.2) is 0 Å². The number of carbonyl (C=O) groups excluding carboxylic acids is 1. The van der Waals surface area contributed by atoms with Gasteiger partial charge in [-0.15, -0.1) is 0 Å². The molecule has 0 aliphatic carbocycles. The lowest BCUT2D eigenvalue weighted by Crippen LogP contribution is -2.50. The van der Waals surface area contributed by atoms with Crippen molar-refractivity contribution < 1.29 is 14.3 Å². The predicted molar refractivity (Wildman–Crippen MR) is 46.3 cm³/mol. The third-order valence-corrected chi connectivity index (χ3v) is 2.55. The van der Waals surface area contributed by atoms with Crippen LogP contribution in [0, 0.1) is 5.92 Å². The van der Waals surface area contributed by atoms with Crippen molar-refractivity contribution >= 4 is 5.91 Å². The van der Waals surface area contributed by atoms with E-state index in [1.807, 2.05) is 6.92 Å². The second-order valence-electron chi connectivity index (χ2n) is 3.82. The van der Waals surface area contributed by atoms with Gasteiger partial charge >= 0.3 is 0 Å². The molecule has 2 fully saturated rings. The summed E-state index contributed by atoms with van der Waals surface area (Å²) in [5, 5.41) is 2.93. The molecular weight excluding hydrogens is 170 g/mol. The van der Waals surface area contributed by atoms with E-state index in [4.69, 9.17) is 9.47 Å². The second kappa shape index (κ2) is 3.64. The molecule has 0 bridgehead atoms. The Hall–Kier alpha value is -0.610. The fraction of sp³-hybridized carbons (Fsp3) is 0.889. The summed E-state index contributed by atoms with van der Waals surface area (Å²) in [4.78, 5) is 11.5. The number of ether oxygens (including phenoxy) is 2. The molecule has 2 saturated heterocycles. The third-order valence-electron chi connectivity index (χ3n) is 2.55. The molecular formula is C9H15NO3.